The highest BCUT2D eigenvalue weighted by molar-refractivity contribution is 14.1. The molecule has 1 fully saturated rings. The van der Waals surface area contributed by atoms with Crippen LogP contribution in [-0.4, -0.2) is 30.6 Å². The second-order valence-corrected chi connectivity index (χ2v) is 13.0. The molecule has 0 aromatic heterocycles. The summed E-state index contributed by atoms with van der Waals surface area (Å²) in [4.78, 5) is 2.68. The van der Waals surface area contributed by atoms with Gasteiger partial charge in [0.15, 0.2) is 0 Å². The van der Waals surface area contributed by atoms with Crippen LogP contribution in [0.2, 0.25) is 0 Å². The van der Waals surface area contributed by atoms with Gasteiger partial charge in [0.05, 0.1) is 30.8 Å². The molecule has 0 radical (unpaired) electrons. The van der Waals surface area contributed by atoms with Crippen LogP contribution in [0.1, 0.15) is 51.9 Å². The number of fused-ring (bicyclic) bond motifs is 1. The van der Waals surface area contributed by atoms with E-state index in [2.05, 4.69) is 89.6 Å². The van der Waals surface area contributed by atoms with Gasteiger partial charge in [0.2, 0.25) is 0 Å². The fourth-order valence-corrected chi connectivity index (χ4v) is 9.49. The normalized spacial score (nSPS) is 17.8. The SMILES string of the molecule is CCCCI.COc1cccc(OC)c1-c1cccc2c1P(C)C1(CCCCC1)N2c1ccccc1. The molecule has 0 N–H and O–H groups in total. The number of hydrogen-bond donors (Lipinski definition) is 0. The van der Waals surface area contributed by atoms with Gasteiger partial charge in [-0.25, -0.2) is 0 Å². The first-order chi connectivity index (χ1) is 17.6. The van der Waals surface area contributed by atoms with E-state index in [9.17, 15) is 0 Å². The molecule has 1 atom stereocenters. The van der Waals surface area contributed by atoms with Crippen LogP contribution in [0.3, 0.4) is 0 Å². The summed E-state index contributed by atoms with van der Waals surface area (Å²) in [5.41, 5.74) is 4.98. The minimum atomic E-state index is -0.411. The third-order valence-electron chi connectivity index (χ3n) is 7.48. The molecule has 1 heterocycles. The second kappa shape index (κ2) is 12.6. The fraction of sp³-hybridized carbons (Fsp3) is 0.419. The molecule has 192 valence electrons. The highest BCUT2D eigenvalue weighted by Crippen LogP contribution is 2.66. The minimum absolute atomic E-state index is 0.183. The van der Waals surface area contributed by atoms with Gasteiger partial charge in [-0.05, 0) is 74.2 Å². The van der Waals surface area contributed by atoms with Gasteiger partial charge in [0.1, 0.15) is 11.5 Å². The number of benzene rings is 3. The van der Waals surface area contributed by atoms with E-state index in [0.717, 1.165) is 17.1 Å². The van der Waals surface area contributed by atoms with E-state index in [1.165, 1.54) is 71.6 Å². The maximum Gasteiger partial charge on any atom is 0.130 e. The number of rotatable bonds is 6. The topological polar surface area (TPSA) is 21.7 Å². The van der Waals surface area contributed by atoms with Crippen LogP contribution in [0.15, 0.2) is 66.7 Å². The average Bonchev–Trinajstić information content (AvgIpc) is 3.17. The molecule has 0 saturated heterocycles. The maximum absolute atomic E-state index is 5.80. The van der Waals surface area contributed by atoms with Crippen LogP contribution in [0.4, 0.5) is 11.4 Å². The number of methoxy groups -OCH3 is 2. The Morgan fingerprint density at radius 2 is 1.50 bits per heavy atom. The van der Waals surface area contributed by atoms with Gasteiger partial charge < -0.3 is 14.4 Å². The van der Waals surface area contributed by atoms with Crippen molar-refractivity contribution in [2.45, 2.75) is 57.1 Å². The summed E-state index contributed by atoms with van der Waals surface area (Å²) in [6, 6.07) is 23.8. The van der Waals surface area contributed by atoms with Crippen molar-refractivity contribution < 1.29 is 9.47 Å². The average molecular weight is 616 g/mol. The van der Waals surface area contributed by atoms with Crippen molar-refractivity contribution in [2.24, 2.45) is 0 Å². The van der Waals surface area contributed by atoms with Crippen molar-refractivity contribution in [3.63, 3.8) is 0 Å². The van der Waals surface area contributed by atoms with Gasteiger partial charge >= 0.3 is 0 Å². The molecule has 0 bridgehead atoms. The quantitative estimate of drug-likeness (QED) is 0.157. The largest absolute Gasteiger partial charge is 0.496 e. The van der Waals surface area contributed by atoms with Crippen molar-refractivity contribution in [1.82, 2.24) is 0 Å². The minimum Gasteiger partial charge on any atom is -0.496 e. The fourth-order valence-electron chi connectivity index (χ4n) is 5.73. The summed E-state index contributed by atoms with van der Waals surface area (Å²) in [6.45, 7) is 4.70. The number of nitrogens with zero attached hydrogens (tertiary/aromatic N) is 1. The predicted octanol–water partition coefficient (Wildman–Crippen LogP) is 9.14. The first-order valence-corrected chi connectivity index (χ1v) is 16.4. The smallest absolute Gasteiger partial charge is 0.130 e. The lowest BCUT2D eigenvalue weighted by Gasteiger charge is -2.46. The molecule has 1 saturated carbocycles. The maximum atomic E-state index is 5.80. The van der Waals surface area contributed by atoms with Gasteiger partial charge in [-0.2, -0.15) is 0 Å². The number of para-hydroxylation sites is 1. The highest BCUT2D eigenvalue weighted by Gasteiger charge is 2.51. The van der Waals surface area contributed by atoms with Gasteiger partial charge in [-0.1, -0.05) is 91.6 Å². The molecule has 1 aliphatic carbocycles. The Morgan fingerprint density at radius 3 is 2.06 bits per heavy atom. The van der Waals surface area contributed by atoms with Crippen molar-refractivity contribution >= 4 is 47.2 Å². The zero-order valence-corrected chi connectivity index (χ0v) is 25.1. The van der Waals surface area contributed by atoms with Crippen molar-refractivity contribution in [3.8, 4) is 22.6 Å². The van der Waals surface area contributed by atoms with E-state index in [1.54, 1.807) is 14.2 Å². The number of alkyl halides is 1. The molecule has 3 aromatic rings. The molecular weight excluding hydrogens is 576 g/mol. The molecule has 1 aliphatic heterocycles. The lowest BCUT2D eigenvalue weighted by atomic mass is 9.92. The van der Waals surface area contributed by atoms with Gasteiger partial charge in [0.25, 0.3) is 0 Å². The molecule has 2 aliphatic rings. The molecule has 1 spiro atoms. The zero-order chi connectivity index (χ0) is 25.5. The molecule has 3 aromatic carbocycles. The highest BCUT2D eigenvalue weighted by atomic mass is 127. The van der Waals surface area contributed by atoms with Crippen LogP contribution in [0.5, 0.6) is 11.5 Å². The zero-order valence-electron chi connectivity index (χ0n) is 22.1. The van der Waals surface area contributed by atoms with E-state index in [-0.39, 0.29) is 5.28 Å². The summed E-state index contributed by atoms with van der Waals surface area (Å²) in [5.74, 6) is 1.74. The van der Waals surface area contributed by atoms with Crippen LogP contribution < -0.4 is 19.7 Å². The number of hydrogen-bond acceptors (Lipinski definition) is 3. The molecule has 0 amide bonds. The Bertz CT molecular complexity index is 1110. The summed E-state index contributed by atoms with van der Waals surface area (Å²) in [6.07, 6.45) is 9.16. The first-order valence-electron chi connectivity index (χ1n) is 13.1. The van der Waals surface area contributed by atoms with Crippen molar-refractivity contribution in [1.29, 1.82) is 0 Å². The molecule has 3 nitrogen and oxygen atoms in total. The lowest BCUT2D eigenvalue weighted by Crippen LogP contribution is -2.42. The summed E-state index contributed by atoms with van der Waals surface area (Å²) in [7, 11) is 3.08. The van der Waals surface area contributed by atoms with Crippen LogP contribution >= 0.6 is 30.5 Å². The van der Waals surface area contributed by atoms with Crippen LogP contribution in [0.25, 0.3) is 11.1 Å². The van der Waals surface area contributed by atoms with Crippen LogP contribution in [-0.2, 0) is 0 Å². The summed E-state index contributed by atoms with van der Waals surface area (Å²) >= 11 is 2.39. The van der Waals surface area contributed by atoms with E-state index < -0.39 is 7.92 Å². The third-order valence-corrected chi connectivity index (χ3v) is 11.3. The summed E-state index contributed by atoms with van der Waals surface area (Å²) < 4.78 is 12.9. The van der Waals surface area contributed by atoms with Gasteiger partial charge in [0, 0.05) is 11.0 Å². The number of ether oxygens (including phenoxy) is 2. The first kappa shape index (κ1) is 27.3. The molecule has 36 heavy (non-hydrogen) atoms. The van der Waals surface area contributed by atoms with E-state index in [4.69, 9.17) is 9.47 Å². The molecule has 5 heteroatoms. The van der Waals surface area contributed by atoms with Gasteiger partial charge in [-0.3, -0.25) is 0 Å². The Balaban J connectivity index is 0.000000556. The molecule has 1 unspecified atom stereocenters. The molecule has 5 rings (SSSR count). The lowest BCUT2D eigenvalue weighted by molar-refractivity contribution is 0.397. The van der Waals surface area contributed by atoms with E-state index >= 15 is 0 Å². The standard InChI is InChI=1S/C27H30NO2P.C4H9I/c1-29-23-16-11-17-24(30-2)25(23)21-14-10-15-22-26(21)31(3)27(18-8-5-9-19-27)28(22)20-12-6-4-7-13-20;1-2-3-4-5/h4,6-7,10-17H,5,8-9,18-19H2,1-3H3;2-4H2,1H3. The molecular formula is C31H39INO2P. The third kappa shape index (κ3) is 5.13. The summed E-state index contributed by atoms with van der Waals surface area (Å²) in [5, 5.41) is 1.66. The Labute approximate surface area is 232 Å². The predicted molar refractivity (Wildman–Crippen MR) is 166 cm³/mol. The van der Waals surface area contributed by atoms with E-state index in [0.29, 0.717) is 0 Å². The van der Waals surface area contributed by atoms with Crippen LogP contribution in [0, 0.1) is 0 Å². The van der Waals surface area contributed by atoms with E-state index in [1.807, 2.05) is 18.2 Å². The second-order valence-electron chi connectivity index (χ2n) is 9.53. The van der Waals surface area contributed by atoms with Crippen molar-refractivity contribution in [2.75, 3.05) is 30.2 Å². The monoisotopic (exact) mass is 615 g/mol. The Morgan fingerprint density at radius 1 is 0.861 bits per heavy atom. The van der Waals surface area contributed by atoms with Crippen molar-refractivity contribution in [3.05, 3.63) is 66.7 Å². The number of halogens is 1. The Hall–Kier alpha value is -1.78. The number of unbranched alkanes of at least 4 members (excludes halogenated alkanes) is 1. The van der Waals surface area contributed by atoms with Gasteiger partial charge in [-0.15, -0.1) is 0 Å². The Kier molecular flexibility index (Phi) is 9.58. The number of anilines is 2.